The smallest absolute Gasteiger partial charge is 0.334 e. The van der Waals surface area contributed by atoms with Gasteiger partial charge < -0.3 is 19.7 Å². The Labute approximate surface area is 107 Å². The summed E-state index contributed by atoms with van der Waals surface area (Å²) in [5.41, 5.74) is 0. The van der Waals surface area contributed by atoms with Gasteiger partial charge in [-0.15, -0.1) is 0 Å². The van der Waals surface area contributed by atoms with Gasteiger partial charge in [0.15, 0.2) is 0 Å². The highest BCUT2D eigenvalue weighted by Gasteiger charge is 2.10. The molecule has 0 aliphatic carbocycles. The van der Waals surface area contributed by atoms with Crippen LogP contribution in [0, 0.1) is 0 Å². The van der Waals surface area contributed by atoms with Crippen molar-refractivity contribution in [2.75, 3.05) is 13.2 Å². The second-order valence-electron chi connectivity index (χ2n) is 4.10. The number of ether oxygens (including phenoxy) is 2. The normalized spacial score (nSPS) is 13.8. The van der Waals surface area contributed by atoms with Crippen molar-refractivity contribution in [2.45, 2.75) is 51.7 Å². The molecular weight excluding hydrogens is 240 g/mol. The summed E-state index contributed by atoms with van der Waals surface area (Å²) in [7, 11) is 0. The SMILES string of the molecule is CC(O)C(=O)OCCCCCCOC(=O)C(C)O. The summed E-state index contributed by atoms with van der Waals surface area (Å²) < 4.78 is 9.54. The highest BCUT2D eigenvalue weighted by atomic mass is 16.5. The third-order valence-corrected chi connectivity index (χ3v) is 2.21. The Morgan fingerprint density at radius 1 is 0.833 bits per heavy atom. The van der Waals surface area contributed by atoms with Crippen LogP contribution in [-0.2, 0) is 19.1 Å². The maximum atomic E-state index is 10.9. The molecule has 0 fully saturated rings. The molecule has 6 heteroatoms. The zero-order valence-corrected chi connectivity index (χ0v) is 10.9. The Kier molecular flexibility index (Phi) is 9.22. The molecule has 0 heterocycles. The standard InChI is InChI=1S/C12H22O6/c1-9(13)11(15)17-7-5-3-4-6-8-18-12(16)10(2)14/h9-10,13-14H,3-8H2,1-2H3. The molecule has 0 aromatic rings. The predicted octanol–water partition coefficient (Wildman–Crippen LogP) is 0.395. The van der Waals surface area contributed by atoms with Crippen molar-refractivity contribution in [1.29, 1.82) is 0 Å². The van der Waals surface area contributed by atoms with Gasteiger partial charge in [-0.1, -0.05) is 0 Å². The molecule has 0 amide bonds. The largest absolute Gasteiger partial charge is 0.464 e. The first-order valence-electron chi connectivity index (χ1n) is 6.14. The molecule has 0 rings (SSSR count). The van der Waals surface area contributed by atoms with Crippen molar-refractivity contribution in [2.24, 2.45) is 0 Å². The number of aliphatic hydroxyl groups excluding tert-OH is 2. The summed E-state index contributed by atoms with van der Waals surface area (Å²) in [4.78, 5) is 21.7. The minimum atomic E-state index is -1.08. The van der Waals surface area contributed by atoms with Gasteiger partial charge in [0.2, 0.25) is 0 Å². The van der Waals surface area contributed by atoms with Crippen LogP contribution in [0.15, 0.2) is 0 Å². The number of hydrogen-bond acceptors (Lipinski definition) is 6. The fourth-order valence-electron chi connectivity index (χ4n) is 1.14. The first-order chi connectivity index (χ1) is 8.45. The molecule has 2 N–H and O–H groups in total. The maximum Gasteiger partial charge on any atom is 0.334 e. The number of unbranched alkanes of at least 4 members (excludes halogenated alkanes) is 3. The summed E-state index contributed by atoms with van der Waals surface area (Å²) >= 11 is 0. The Morgan fingerprint density at radius 2 is 1.17 bits per heavy atom. The van der Waals surface area contributed by atoms with E-state index in [0.29, 0.717) is 12.8 Å². The van der Waals surface area contributed by atoms with Gasteiger partial charge in [-0.2, -0.15) is 0 Å². The van der Waals surface area contributed by atoms with Crippen molar-refractivity contribution in [3.05, 3.63) is 0 Å². The molecule has 0 aliphatic rings. The van der Waals surface area contributed by atoms with Crippen LogP contribution in [0.4, 0.5) is 0 Å². The van der Waals surface area contributed by atoms with E-state index in [1.165, 1.54) is 13.8 Å². The maximum absolute atomic E-state index is 10.9. The molecule has 106 valence electrons. The van der Waals surface area contributed by atoms with Crippen LogP contribution in [0.1, 0.15) is 39.5 Å². The van der Waals surface area contributed by atoms with E-state index in [1.807, 2.05) is 0 Å². The van der Waals surface area contributed by atoms with Crippen LogP contribution < -0.4 is 0 Å². The van der Waals surface area contributed by atoms with Gasteiger partial charge >= 0.3 is 11.9 Å². The molecule has 0 saturated heterocycles. The molecule has 18 heavy (non-hydrogen) atoms. The Morgan fingerprint density at radius 3 is 1.44 bits per heavy atom. The van der Waals surface area contributed by atoms with Crippen molar-refractivity contribution >= 4 is 11.9 Å². The first kappa shape index (κ1) is 16.9. The van der Waals surface area contributed by atoms with E-state index < -0.39 is 24.1 Å². The van der Waals surface area contributed by atoms with E-state index in [2.05, 4.69) is 0 Å². The molecule has 0 aromatic carbocycles. The van der Waals surface area contributed by atoms with Crippen LogP contribution in [-0.4, -0.2) is 47.6 Å². The van der Waals surface area contributed by atoms with Gasteiger partial charge in [0, 0.05) is 0 Å². The first-order valence-corrected chi connectivity index (χ1v) is 6.14. The summed E-state index contributed by atoms with van der Waals surface area (Å²) in [6.45, 7) is 3.30. The summed E-state index contributed by atoms with van der Waals surface area (Å²) in [5, 5.41) is 17.7. The molecule has 0 saturated carbocycles. The van der Waals surface area contributed by atoms with E-state index in [4.69, 9.17) is 19.7 Å². The van der Waals surface area contributed by atoms with Gasteiger partial charge in [-0.05, 0) is 39.5 Å². The highest BCUT2D eigenvalue weighted by molar-refractivity contribution is 5.74. The molecule has 0 bridgehead atoms. The lowest BCUT2D eigenvalue weighted by Gasteiger charge is -2.07. The van der Waals surface area contributed by atoms with E-state index >= 15 is 0 Å². The van der Waals surface area contributed by atoms with Crippen LogP contribution in [0.5, 0.6) is 0 Å². The lowest BCUT2D eigenvalue weighted by molar-refractivity contribution is -0.153. The second-order valence-corrected chi connectivity index (χ2v) is 4.10. The van der Waals surface area contributed by atoms with Crippen molar-refractivity contribution in [1.82, 2.24) is 0 Å². The minimum absolute atomic E-state index is 0.289. The second kappa shape index (κ2) is 9.85. The monoisotopic (exact) mass is 262 g/mol. The molecule has 2 unspecified atom stereocenters. The highest BCUT2D eigenvalue weighted by Crippen LogP contribution is 2.02. The lowest BCUT2D eigenvalue weighted by Crippen LogP contribution is -2.20. The zero-order valence-electron chi connectivity index (χ0n) is 10.9. The van der Waals surface area contributed by atoms with Gasteiger partial charge in [0.05, 0.1) is 13.2 Å². The topological polar surface area (TPSA) is 93.1 Å². The van der Waals surface area contributed by atoms with Gasteiger partial charge in [-0.25, -0.2) is 9.59 Å². The average Bonchev–Trinajstić information content (AvgIpc) is 2.31. The third kappa shape index (κ3) is 8.95. The van der Waals surface area contributed by atoms with E-state index in [-0.39, 0.29) is 13.2 Å². The van der Waals surface area contributed by atoms with Gasteiger partial charge in [0.1, 0.15) is 12.2 Å². The number of rotatable bonds is 9. The van der Waals surface area contributed by atoms with Gasteiger partial charge in [-0.3, -0.25) is 0 Å². The molecular formula is C12H22O6. The number of carbonyl (C=O) groups excluding carboxylic acids is 2. The van der Waals surface area contributed by atoms with E-state index in [1.54, 1.807) is 0 Å². The number of hydrogen-bond donors (Lipinski definition) is 2. The molecule has 0 aliphatic heterocycles. The van der Waals surface area contributed by atoms with Crippen molar-refractivity contribution < 1.29 is 29.3 Å². The third-order valence-electron chi connectivity index (χ3n) is 2.21. The predicted molar refractivity (Wildman–Crippen MR) is 63.7 cm³/mol. The number of aliphatic hydroxyl groups is 2. The Hall–Kier alpha value is -1.14. The van der Waals surface area contributed by atoms with Crippen LogP contribution in [0.3, 0.4) is 0 Å². The molecule has 0 radical (unpaired) electrons. The van der Waals surface area contributed by atoms with Gasteiger partial charge in [0.25, 0.3) is 0 Å². The van der Waals surface area contributed by atoms with Crippen LogP contribution in [0.25, 0.3) is 0 Å². The minimum Gasteiger partial charge on any atom is -0.464 e. The van der Waals surface area contributed by atoms with Crippen molar-refractivity contribution in [3.8, 4) is 0 Å². The number of esters is 2. The zero-order chi connectivity index (χ0) is 14.0. The average molecular weight is 262 g/mol. The Balaban J connectivity index is 3.27. The fourth-order valence-corrected chi connectivity index (χ4v) is 1.14. The quantitative estimate of drug-likeness (QED) is 0.461. The fraction of sp³-hybridized carbons (Fsp3) is 0.833. The number of carbonyl (C=O) groups is 2. The van der Waals surface area contributed by atoms with E-state index in [0.717, 1.165) is 12.8 Å². The van der Waals surface area contributed by atoms with Crippen LogP contribution >= 0.6 is 0 Å². The molecule has 0 aromatic heterocycles. The van der Waals surface area contributed by atoms with E-state index in [9.17, 15) is 9.59 Å². The van der Waals surface area contributed by atoms with Crippen molar-refractivity contribution in [3.63, 3.8) is 0 Å². The summed E-state index contributed by atoms with van der Waals surface area (Å²) in [5.74, 6) is -1.22. The molecule has 2 atom stereocenters. The molecule has 0 spiro atoms. The Bertz CT molecular complexity index is 223. The summed E-state index contributed by atoms with van der Waals surface area (Å²) in [6, 6.07) is 0. The molecule has 6 nitrogen and oxygen atoms in total. The van der Waals surface area contributed by atoms with Crippen LogP contribution in [0.2, 0.25) is 0 Å². The summed E-state index contributed by atoms with van der Waals surface area (Å²) in [6.07, 6.45) is 0.958. The lowest BCUT2D eigenvalue weighted by atomic mass is 10.2.